The number of aromatic nitrogens is 4. The van der Waals surface area contributed by atoms with Gasteiger partial charge >= 0.3 is 5.97 Å². The van der Waals surface area contributed by atoms with Crippen LogP contribution in [-0.2, 0) is 39.9 Å². The van der Waals surface area contributed by atoms with Crippen molar-refractivity contribution in [2.24, 2.45) is 12.5 Å². The lowest BCUT2D eigenvalue weighted by molar-refractivity contribution is -0.136. The van der Waals surface area contributed by atoms with Crippen LogP contribution in [0.1, 0.15) is 62.5 Å². The van der Waals surface area contributed by atoms with E-state index >= 15 is 17.6 Å². The number of halogens is 4. The molecule has 0 saturated carbocycles. The summed E-state index contributed by atoms with van der Waals surface area (Å²) in [7, 11) is -2.61. The van der Waals surface area contributed by atoms with Gasteiger partial charge in [-0.1, -0.05) is 38.1 Å². The molecule has 1 aliphatic heterocycles. The van der Waals surface area contributed by atoms with Crippen LogP contribution >= 0.6 is 0 Å². The fourth-order valence-electron chi connectivity index (χ4n) is 6.73. The normalized spacial score (nSPS) is 20.2. The van der Waals surface area contributed by atoms with E-state index in [-0.39, 0.29) is 60.0 Å². The fourth-order valence-corrected chi connectivity index (χ4v) is 8.70. The van der Waals surface area contributed by atoms with Crippen molar-refractivity contribution in [3.8, 4) is 22.9 Å². The summed E-state index contributed by atoms with van der Waals surface area (Å²) in [4.78, 5) is 18.9. The largest absolute Gasteiger partial charge is 0.481 e. The van der Waals surface area contributed by atoms with E-state index in [9.17, 15) is 18.3 Å². The zero-order valence-electron chi connectivity index (χ0n) is 28.6. The molecule has 1 aliphatic rings. The Morgan fingerprint density at radius 3 is 2.55 bits per heavy atom. The second kappa shape index (κ2) is 13.1. The lowest BCUT2D eigenvalue weighted by atomic mass is 9.74. The van der Waals surface area contributed by atoms with E-state index in [2.05, 4.69) is 15.1 Å². The number of hydrogen-bond donors (Lipinski definition) is 2. The summed E-state index contributed by atoms with van der Waals surface area (Å²) in [6.45, 7) is 4.10. The SMILES string of the molecule is Cn1nc2nc1-c1cc(ccc1F)Oc1c(F)cc3[nH]ccc3c1CCS(=O)(=O)CC(C)(C)C(F)(F)CCC2(C)c1cccc(CCC(=O)O)c1. The van der Waals surface area contributed by atoms with Crippen LogP contribution in [0.5, 0.6) is 11.5 Å². The maximum absolute atomic E-state index is 16.3. The molecule has 0 fully saturated rings. The molecule has 1 atom stereocenters. The zero-order chi connectivity index (χ0) is 36.9. The summed E-state index contributed by atoms with van der Waals surface area (Å²) < 4.78 is 98.3. The summed E-state index contributed by atoms with van der Waals surface area (Å²) in [5, 5.41) is 14.3. The first-order valence-electron chi connectivity index (χ1n) is 16.5. The number of aryl methyl sites for hydroxylation is 3. The minimum atomic E-state index is -4.14. The van der Waals surface area contributed by atoms with Crippen molar-refractivity contribution >= 4 is 26.7 Å². The third-order valence-electron chi connectivity index (χ3n) is 9.89. The highest BCUT2D eigenvalue weighted by atomic mass is 32.2. The first-order valence-corrected chi connectivity index (χ1v) is 18.3. The van der Waals surface area contributed by atoms with Crippen LogP contribution in [0.4, 0.5) is 17.6 Å². The monoisotopic (exact) mass is 726 g/mol. The van der Waals surface area contributed by atoms with Gasteiger partial charge in [-0.3, -0.25) is 4.79 Å². The predicted octanol–water partition coefficient (Wildman–Crippen LogP) is 7.77. The minimum Gasteiger partial charge on any atom is -0.481 e. The summed E-state index contributed by atoms with van der Waals surface area (Å²) >= 11 is 0. The van der Waals surface area contributed by atoms with Crippen LogP contribution in [0.15, 0.2) is 60.8 Å². The van der Waals surface area contributed by atoms with Crippen LogP contribution in [0.3, 0.4) is 0 Å². The number of aromatic amines is 1. The lowest BCUT2D eigenvalue weighted by Crippen LogP contribution is -2.43. The van der Waals surface area contributed by atoms with Gasteiger partial charge in [0.2, 0.25) is 0 Å². The number of rotatable bonds is 4. The first-order chi connectivity index (χ1) is 23.9. The molecule has 3 heterocycles. The van der Waals surface area contributed by atoms with Crippen molar-refractivity contribution in [3.63, 3.8) is 0 Å². The van der Waals surface area contributed by atoms with Crippen LogP contribution in [0, 0.1) is 17.0 Å². The Balaban J connectivity index is 1.54. The summed E-state index contributed by atoms with van der Waals surface area (Å²) in [5.74, 6) is -7.47. The Kier molecular flexibility index (Phi) is 9.28. The number of hydrogen-bond acceptors (Lipinski definition) is 6. The second-order valence-corrected chi connectivity index (χ2v) is 16.3. The van der Waals surface area contributed by atoms with Gasteiger partial charge < -0.3 is 14.8 Å². The van der Waals surface area contributed by atoms with E-state index in [0.29, 0.717) is 22.0 Å². The van der Waals surface area contributed by atoms with Gasteiger partial charge in [-0.2, -0.15) is 5.10 Å². The smallest absolute Gasteiger partial charge is 0.303 e. The van der Waals surface area contributed by atoms with Crippen molar-refractivity contribution in [1.82, 2.24) is 19.7 Å². The van der Waals surface area contributed by atoms with Crippen molar-refractivity contribution in [2.75, 3.05) is 11.5 Å². The Morgan fingerprint density at radius 2 is 1.80 bits per heavy atom. The van der Waals surface area contributed by atoms with Gasteiger partial charge in [0.1, 0.15) is 11.6 Å². The van der Waals surface area contributed by atoms with Gasteiger partial charge in [-0.05, 0) is 61.6 Å². The third kappa shape index (κ3) is 7.10. The van der Waals surface area contributed by atoms with Crippen LogP contribution in [0.25, 0.3) is 22.3 Å². The molecule has 2 N–H and O–H groups in total. The first kappa shape index (κ1) is 36.1. The van der Waals surface area contributed by atoms with Gasteiger partial charge in [-0.25, -0.2) is 35.6 Å². The molecule has 0 spiro atoms. The maximum Gasteiger partial charge on any atom is 0.303 e. The standard InChI is InChI=1S/C37H38F4N4O5S/c1-35(2)21-51(48,49)17-13-26-25-12-16-42-30(25)20-29(39)32(26)50-24-9-10-28(38)27(19-24)33-43-34(44-45(33)4)36(3,14-15-37(35,40)41)23-7-5-6-22(18-23)8-11-31(46)47/h5-7,9-10,12,16,18-20,42H,8,11,13-15,17,21H2,1-4H3,(H,46,47). The van der Waals surface area contributed by atoms with E-state index < -0.39 is 62.1 Å². The van der Waals surface area contributed by atoms with E-state index in [4.69, 9.17) is 4.74 Å². The minimum absolute atomic E-state index is 0.0460. The molecule has 3 aromatic carbocycles. The van der Waals surface area contributed by atoms with Crippen molar-refractivity contribution < 1.29 is 40.6 Å². The average Bonchev–Trinajstić information content (AvgIpc) is 3.69. The molecule has 5 aromatic rings. The highest BCUT2D eigenvalue weighted by molar-refractivity contribution is 7.91. The van der Waals surface area contributed by atoms with Crippen molar-refractivity contribution in [2.45, 2.75) is 64.2 Å². The summed E-state index contributed by atoms with van der Waals surface area (Å²) in [6.07, 6.45) is 0.388. The Hall–Kier alpha value is -4.72. The highest BCUT2D eigenvalue weighted by Gasteiger charge is 2.50. The number of carboxylic acids is 1. The molecule has 2 aromatic heterocycles. The second-order valence-electron chi connectivity index (χ2n) is 14.1. The van der Waals surface area contributed by atoms with Gasteiger partial charge in [-0.15, -0.1) is 0 Å². The Bertz CT molecular complexity index is 2250. The van der Waals surface area contributed by atoms with Crippen LogP contribution < -0.4 is 4.74 Å². The average molecular weight is 727 g/mol. The lowest BCUT2D eigenvalue weighted by Gasteiger charge is -2.37. The number of H-pyrrole nitrogens is 1. The molecule has 0 radical (unpaired) electrons. The quantitative estimate of drug-likeness (QED) is 0.181. The van der Waals surface area contributed by atoms with E-state index in [1.54, 1.807) is 43.5 Å². The van der Waals surface area contributed by atoms with Gasteiger partial charge in [0.25, 0.3) is 5.92 Å². The molecule has 9 nitrogen and oxygen atoms in total. The molecule has 0 amide bonds. The van der Waals surface area contributed by atoms with Gasteiger partial charge in [0.15, 0.2) is 33.1 Å². The van der Waals surface area contributed by atoms with E-state index in [1.165, 1.54) is 43.8 Å². The predicted molar refractivity (Wildman–Crippen MR) is 184 cm³/mol. The number of benzene rings is 3. The Labute approximate surface area is 292 Å². The van der Waals surface area contributed by atoms with Crippen molar-refractivity contribution in [1.29, 1.82) is 0 Å². The molecule has 6 rings (SSSR count). The molecule has 14 heteroatoms. The number of aliphatic carboxylic acids is 1. The molecular formula is C37H38F4N4O5S. The molecular weight excluding hydrogens is 688 g/mol. The number of sulfone groups is 1. The zero-order valence-corrected chi connectivity index (χ0v) is 29.4. The van der Waals surface area contributed by atoms with E-state index in [1.807, 2.05) is 0 Å². The molecule has 4 bridgehead atoms. The maximum atomic E-state index is 16.3. The highest BCUT2D eigenvalue weighted by Crippen LogP contribution is 2.46. The van der Waals surface area contributed by atoms with Crippen LogP contribution in [-0.4, -0.2) is 56.7 Å². The fraction of sp³-hybridized carbons (Fsp3) is 0.378. The number of carboxylic acid groups (broad SMARTS) is 1. The third-order valence-corrected chi connectivity index (χ3v) is 11.9. The summed E-state index contributed by atoms with van der Waals surface area (Å²) in [6, 6.07) is 13.5. The molecule has 51 heavy (non-hydrogen) atoms. The topological polar surface area (TPSA) is 127 Å². The molecule has 1 unspecified atom stereocenters. The molecule has 0 aliphatic carbocycles. The van der Waals surface area contributed by atoms with Crippen LogP contribution in [0.2, 0.25) is 0 Å². The van der Waals surface area contributed by atoms with Gasteiger partial charge in [0, 0.05) is 54.0 Å². The molecule has 270 valence electrons. The van der Waals surface area contributed by atoms with Crippen molar-refractivity contribution in [3.05, 3.63) is 94.9 Å². The summed E-state index contributed by atoms with van der Waals surface area (Å²) in [5.41, 5.74) is -1.59. The number of fused-ring (bicyclic) bond motifs is 8. The van der Waals surface area contributed by atoms with E-state index in [0.717, 1.165) is 6.07 Å². The number of nitrogens with one attached hydrogen (secondary N) is 1. The number of carbonyl (C=O) groups is 1. The number of alkyl halides is 2. The number of ether oxygens (including phenoxy) is 1. The molecule has 0 saturated heterocycles. The number of nitrogens with zero attached hydrogens (tertiary/aromatic N) is 3. The van der Waals surface area contributed by atoms with Gasteiger partial charge in [0.05, 0.1) is 22.5 Å². The Morgan fingerprint density at radius 1 is 1.04 bits per heavy atom.